The van der Waals surface area contributed by atoms with Crippen LogP contribution in [0.2, 0.25) is 10.0 Å². The largest absolute Gasteiger partial charge is 0.492 e. The SMILES string of the molecule is CCOc1ccccc1N(CC(=O)N(Cc1c(Cl)cccc1Cl)[C@@H](C)C(=O)NC1CCCC1)S(=O)(=O)c1ccc(SC)cc1. The number of anilines is 1. The van der Waals surface area contributed by atoms with Gasteiger partial charge < -0.3 is 15.0 Å². The van der Waals surface area contributed by atoms with Crippen molar-refractivity contribution < 1.29 is 22.7 Å². The van der Waals surface area contributed by atoms with Crippen molar-refractivity contribution in [1.82, 2.24) is 10.2 Å². The van der Waals surface area contributed by atoms with Gasteiger partial charge in [-0.05, 0) is 81.5 Å². The van der Waals surface area contributed by atoms with Crippen molar-refractivity contribution in [2.24, 2.45) is 0 Å². The summed E-state index contributed by atoms with van der Waals surface area (Å²) < 4.78 is 35.3. The van der Waals surface area contributed by atoms with Crippen molar-refractivity contribution in [3.8, 4) is 5.75 Å². The number of benzene rings is 3. The summed E-state index contributed by atoms with van der Waals surface area (Å²) in [6.07, 6.45) is 5.70. The average molecular weight is 679 g/mol. The molecular formula is C32H37Cl2N3O5S2. The molecule has 0 spiro atoms. The Labute approximate surface area is 274 Å². The second kappa shape index (κ2) is 15.4. The lowest BCUT2D eigenvalue weighted by Gasteiger charge is -2.33. The van der Waals surface area contributed by atoms with Gasteiger partial charge in [0.15, 0.2) is 0 Å². The number of hydrogen-bond donors (Lipinski definition) is 1. The van der Waals surface area contributed by atoms with E-state index in [1.165, 1.54) is 28.8 Å². The fourth-order valence-electron chi connectivity index (χ4n) is 5.16. The number of nitrogens with one attached hydrogen (secondary N) is 1. The third-order valence-corrected chi connectivity index (χ3v) is 10.8. The van der Waals surface area contributed by atoms with Crippen LogP contribution in [0.15, 0.2) is 76.5 Å². The Hall–Kier alpha value is -2.92. The zero-order valence-electron chi connectivity index (χ0n) is 25.0. The van der Waals surface area contributed by atoms with Gasteiger partial charge in [0.25, 0.3) is 10.0 Å². The fourth-order valence-corrected chi connectivity index (χ4v) is 7.51. The minimum absolute atomic E-state index is 0.0159. The molecule has 1 saturated carbocycles. The Balaban J connectivity index is 1.76. The van der Waals surface area contributed by atoms with Crippen LogP contribution >= 0.6 is 35.0 Å². The second-order valence-electron chi connectivity index (χ2n) is 10.5. The molecule has 8 nitrogen and oxygen atoms in total. The molecule has 3 aromatic carbocycles. The Morgan fingerprint density at radius 1 is 1.00 bits per heavy atom. The number of amides is 2. The number of para-hydroxylation sites is 2. The summed E-state index contributed by atoms with van der Waals surface area (Å²) >= 11 is 14.5. The molecule has 0 aromatic heterocycles. The van der Waals surface area contributed by atoms with Crippen molar-refractivity contribution in [1.29, 1.82) is 0 Å². The van der Waals surface area contributed by atoms with Crippen LogP contribution in [0.5, 0.6) is 5.75 Å². The number of rotatable bonds is 13. The summed E-state index contributed by atoms with van der Waals surface area (Å²) in [6.45, 7) is 3.01. The Kier molecular flexibility index (Phi) is 11.9. The maximum atomic E-state index is 14.3. The second-order valence-corrected chi connectivity index (χ2v) is 14.0. The minimum Gasteiger partial charge on any atom is -0.492 e. The van der Waals surface area contributed by atoms with Crippen molar-refractivity contribution >= 4 is 62.5 Å². The number of sulfonamides is 1. The van der Waals surface area contributed by atoms with Crippen LogP contribution in [0.4, 0.5) is 5.69 Å². The molecule has 3 aromatic rings. The number of halogens is 2. The Bertz CT molecular complexity index is 1540. The number of hydrogen-bond acceptors (Lipinski definition) is 6. The molecule has 0 radical (unpaired) electrons. The van der Waals surface area contributed by atoms with Crippen LogP contribution in [0.1, 0.15) is 45.1 Å². The molecule has 0 bridgehead atoms. The molecule has 1 atom stereocenters. The van der Waals surface area contributed by atoms with Crippen LogP contribution in [0.3, 0.4) is 0 Å². The molecular weight excluding hydrogens is 641 g/mol. The van der Waals surface area contributed by atoms with Gasteiger partial charge in [-0.25, -0.2) is 8.42 Å². The summed E-state index contributed by atoms with van der Waals surface area (Å²) in [4.78, 5) is 30.0. The zero-order chi connectivity index (χ0) is 31.9. The Morgan fingerprint density at radius 2 is 1.64 bits per heavy atom. The molecule has 236 valence electrons. The van der Waals surface area contributed by atoms with Gasteiger partial charge in [0.1, 0.15) is 18.3 Å². The third kappa shape index (κ3) is 8.02. The number of nitrogens with zero attached hydrogens (tertiary/aromatic N) is 2. The van der Waals surface area contributed by atoms with E-state index < -0.39 is 28.5 Å². The summed E-state index contributed by atoms with van der Waals surface area (Å²) in [5.41, 5.74) is 0.664. The lowest BCUT2D eigenvalue weighted by Crippen LogP contribution is -2.52. The highest BCUT2D eigenvalue weighted by Crippen LogP contribution is 2.34. The standard InChI is InChI=1S/C32H37Cl2N3O5S2/c1-4-42-30-15-8-7-14-29(30)37(44(40,41)25-18-16-24(43-3)17-19-25)21-31(38)36(20-26-27(33)12-9-13-28(26)34)22(2)32(39)35-23-10-5-6-11-23/h7-9,12-19,22-23H,4-6,10-11,20-21H2,1-3H3,(H,35,39)/t22-/m0/s1. The predicted molar refractivity (Wildman–Crippen MR) is 177 cm³/mol. The molecule has 12 heteroatoms. The first-order valence-corrected chi connectivity index (χ1v) is 17.9. The first kappa shape index (κ1) is 34.0. The monoisotopic (exact) mass is 677 g/mol. The van der Waals surface area contributed by atoms with Crippen molar-refractivity contribution in [3.63, 3.8) is 0 Å². The van der Waals surface area contributed by atoms with E-state index in [2.05, 4.69) is 5.32 Å². The van der Waals surface area contributed by atoms with E-state index in [9.17, 15) is 18.0 Å². The molecule has 0 saturated heterocycles. The summed E-state index contributed by atoms with van der Waals surface area (Å²) in [5, 5.41) is 3.72. The summed E-state index contributed by atoms with van der Waals surface area (Å²) in [6, 6.07) is 17.2. The highest BCUT2D eigenvalue weighted by atomic mass is 35.5. The van der Waals surface area contributed by atoms with E-state index in [0.717, 1.165) is 34.9 Å². The van der Waals surface area contributed by atoms with Gasteiger partial charge in [0.2, 0.25) is 11.8 Å². The smallest absolute Gasteiger partial charge is 0.264 e. The first-order valence-electron chi connectivity index (χ1n) is 14.5. The van der Waals surface area contributed by atoms with Crippen LogP contribution in [0.25, 0.3) is 0 Å². The van der Waals surface area contributed by atoms with Crippen molar-refractivity contribution in [2.45, 2.75) is 68.0 Å². The topological polar surface area (TPSA) is 96.0 Å². The summed E-state index contributed by atoms with van der Waals surface area (Å²) in [5.74, 6) is -0.629. The maximum absolute atomic E-state index is 14.3. The van der Waals surface area contributed by atoms with Crippen LogP contribution in [0, 0.1) is 0 Å². The lowest BCUT2D eigenvalue weighted by molar-refractivity contribution is -0.139. The highest BCUT2D eigenvalue weighted by Gasteiger charge is 2.35. The van der Waals surface area contributed by atoms with E-state index in [4.69, 9.17) is 27.9 Å². The number of thioether (sulfide) groups is 1. The Morgan fingerprint density at radius 3 is 2.25 bits per heavy atom. The third-order valence-electron chi connectivity index (χ3n) is 7.62. The van der Waals surface area contributed by atoms with Crippen LogP contribution < -0.4 is 14.4 Å². The van der Waals surface area contributed by atoms with Crippen molar-refractivity contribution in [3.05, 3.63) is 82.3 Å². The van der Waals surface area contributed by atoms with Gasteiger partial charge in [-0.3, -0.25) is 13.9 Å². The molecule has 1 fully saturated rings. The molecule has 1 aliphatic carbocycles. The molecule has 1 aliphatic rings. The number of carbonyl (C=O) groups is 2. The average Bonchev–Trinajstić information content (AvgIpc) is 3.53. The molecule has 0 unspecified atom stereocenters. The molecule has 2 amide bonds. The maximum Gasteiger partial charge on any atom is 0.264 e. The van der Waals surface area contributed by atoms with Gasteiger partial charge in [-0.2, -0.15) is 0 Å². The molecule has 44 heavy (non-hydrogen) atoms. The van der Waals surface area contributed by atoms with E-state index >= 15 is 0 Å². The predicted octanol–water partition coefficient (Wildman–Crippen LogP) is 6.79. The molecule has 1 N–H and O–H groups in total. The van der Waals surface area contributed by atoms with E-state index in [0.29, 0.717) is 21.4 Å². The first-order chi connectivity index (χ1) is 21.1. The normalized spacial score (nSPS) is 14.2. The molecule has 4 rings (SSSR count). The van der Waals surface area contributed by atoms with Crippen LogP contribution in [-0.4, -0.2) is 56.6 Å². The van der Waals surface area contributed by atoms with Gasteiger partial charge in [0.05, 0.1) is 17.2 Å². The number of carbonyl (C=O) groups excluding carboxylic acids is 2. The van der Waals surface area contributed by atoms with E-state index in [-0.39, 0.29) is 35.7 Å². The van der Waals surface area contributed by atoms with Gasteiger partial charge in [0, 0.05) is 33.1 Å². The molecule has 0 aliphatic heterocycles. The van der Waals surface area contributed by atoms with Gasteiger partial charge >= 0.3 is 0 Å². The minimum atomic E-state index is -4.26. The van der Waals surface area contributed by atoms with Crippen LogP contribution in [-0.2, 0) is 26.2 Å². The van der Waals surface area contributed by atoms with E-state index in [1.807, 2.05) is 6.26 Å². The fraction of sp³-hybridized carbons (Fsp3) is 0.375. The highest BCUT2D eigenvalue weighted by molar-refractivity contribution is 7.98. The van der Waals surface area contributed by atoms with Gasteiger partial charge in [-0.15, -0.1) is 11.8 Å². The van der Waals surface area contributed by atoms with Crippen molar-refractivity contribution in [2.75, 3.05) is 23.7 Å². The number of ether oxygens (including phenoxy) is 1. The quantitative estimate of drug-likeness (QED) is 0.200. The lowest BCUT2D eigenvalue weighted by atomic mass is 10.1. The van der Waals surface area contributed by atoms with Gasteiger partial charge in [-0.1, -0.05) is 54.2 Å². The molecule has 0 heterocycles. The zero-order valence-corrected chi connectivity index (χ0v) is 28.1. The van der Waals surface area contributed by atoms with E-state index in [1.54, 1.807) is 68.4 Å². The summed E-state index contributed by atoms with van der Waals surface area (Å²) in [7, 11) is -4.26.